The lowest BCUT2D eigenvalue weighted by Crippen LogP contribution is -2.28. The Kier molecular flexibility index (Phi) is 4.38. The summed E-state index contributed by atoms with van der Waals surface area (Å²) < 4.78 is 0. The molecule has 0 aliphatic heterocycles. The van der Waals surface area contributed by atoms with Gasteiger partial charge >= 0.3 is 0 Å². The van der Waals surface area contributed by atoms with Gasteiger partial charge in [0, 0.05) is 11.7 Å². The molecule has 0 heterocycles. The Balaban J connectivity index is 1.98. The van der Waals surface area contributed by atoms with Gasteiger partial charge in [0.2, 0.25) is 0 Å². The number of rotatable bonds is 3. The molecule has 0 amide bonds. The molecular weight excluding hydrogens is 234 g/mol. The van der Waals surface area contributed by atoms with Crippen molar-refractivity contribution in [2.75, 3.05) is 5.32 Å². The second-order valence-electron chi connectivity index (χ2n) is 6.45. The summed E-state index contributed by atoms with van der Waals surface area (Å²) in [5, 5.41) is 13.4. The highest BCUT2D eigenvalue weighted by atomic mass is 16.3. The van der Waals surface area contributed by atoms with E-state index in [1.165, 1.54) is 31.4 Å². The molecule has 1 aromatic rings. The van der Waals surface area contributed by atoms with Gasteiger partial charge in [0.1, 0.15) is 5.75 Å². The number of aryl methyl sites for hydroxylation is 2. The smallest absolute Gasteiger partial charge is 0.118 e. The Morgan fingerprint density at radius 2 is 1.68 bits per heavy atom. The van der Waals surface area contributed by atoms with Gasteiger partial charge in [-0.3, -0.25) is 0 Å². The number of hydrogen-bond acceptors (Lipinski definition) is 2. The number of phenols is 1. The van der Waals surface area contributed by atoms with Crippen LogP contribution in [0.2, 0.25) is 0 Å². The predicted octanol–water partition coefficient (Wildman–Crippen LogP) is 4.64. The fraction of sp³-hybridized carbons (Fsp3) is 0.647. The molecule has 2 rings (SSSR count). The Bertz CT molecular complexity index is 431. The lowest BCUT2D eigenvalue weighted by atomic mass is 9.79. The summed E-state index contributed by atoms with van der Waals surface area (Å²) in [6.07, 6.45) is 5.21. The number of anilines is 1. The molecule has 2 nitrogen and oxygen atoms in total. The Morgan fingerprint density at radius 1 is 1.05 bits per heavy atom. The van der Waals surface area contributed by atoms with E-state index < -0.39 is 0 Å². The van der Waals surface area contributed by atoms with E-state index in [1.807, 2.05) is 13.0 Å². The molecule has 1 saturated carbocycles. The van der Waals surface area contributed by atoms with Gasteiger partial charge in [0.05, 0.1) is 0 Å². The van der Waals surface area contributed by atoms with Gasteiger partial charge in [-0.15, -0.1) is 0 Å². The highest BCUT2D eigenvalue weighted by Crippen LogP contribution is 2.33. The van der Waals surface area contributed by atoms with Crippen LogP contribution in [0.15, 0.2) is 12.1 Å². The van der Waals surface area contributed by atoms with Crippen LogP contribution in [0.3, 0.4) is 0 Å². The van der Waals surface area contributed by atoms with E-state index in [9.17, 15) is 5.11 Å². The molecule has 1 fully saturated rings. The Labute approximate surface area is 117 Å². The van der Waals surface area contributed by atoms with Crippen LogP contribution in [0, 0.1) is 25.7 Å². The third-order valence-corrected chi connectivity index (χ3v) is 4.62. The second kappa shape index (κ2) is 5.85. The summed E-state index contributed by atoms with van der Waals surface area (Å²) in [4.78, 5) is 0. The van der Waals surface area contributed by atoms with Crippen LogP contribution in [0.1, 0.15) is 50.7 Å². The average molecular weight is 261 g/mol. The van der Waals surface area contributed by atoms with Gasteiger partial charge in [-0.05, 0) is 74.6 Å². The van der Waals surface area contributed by atoms with Crippen molar-refractivity contribution < 1.29 is 5.11 Å². The van der Waals surface area contributed by atoms with Gasteiger partial charge in [0.15, 0.2) is 0 Å². The van der Waals surface area contributed by atoms with Crippen molar-refractivity contribution in [1.82, 2.24) is 0 Å². The maximum Gasteiger partial charge on any atom is 0.118 e. The summed E-state index contributed by atoms with van der Waals surface area (Å²) in [5.74, 6) is 2.12. The molecule has 0 bridgehead atoms. The van der Waals surface area contributed by atoms with Gasteiger partial charge in [-0.2, -0.15) is 0 Å². The van der Waals surface area contributed by atoms with E-state index in [-0.39, 0.29) is 0 Å². The van der Waals surface area contributed by atoms with Crippen molar-refractivity contribution >= 4 is 5.69 Å². The average Bonchev–Trinajstić information content (AvgIpc) is 2.36. The lowest BCUT2D eigenvalue weighted by Gasteiger charge is -2.32. The van der Waals surface area contributed by atoms with Crippen molar-refractivity contribution in [3.63, 3.8) is 0 Å². The van der Waals surface area contributed by atoms with Crippen molar-refractivity contribution in [1.29, 1.82) is 0 Å². The monoisotopic (exact) mass is 261 g/mol. The number of aromatic hydroxyl groups is 1. The maximum absolute atomic E-state index is 9.70. The Morgan fingerprint density at radius 3 is 2.26 bits per heavy atom. The van der Waals surface area contributed by atoms with Crippen molar-refractivity contribution in [3.8, 4) is 5.75 Å². The molecule has 0 spiro atoms. The number of nitrogens with one attached hydrogen (secondary N) is 1. The van der Waals surface area contributed by atoms with Crippen molar-refractivity contribution in [3.05, 3.63) is 23.3 Å². The fourth-order valence-corrected chi connectivity index (χ4v) is 3.11. The molecule has 1 aliphatic carbocycles. The van der Waals surface area contributed by atoms with Gasteiger partial charge in [-0.25, -0.2) is 0 Å². The number of benzene rings is 1. The van der Waals surface area contributed by atoms with Gasteiger partial charge in [-0.1, -0.05) is 13.8 Å². The minimum Gasteiger partial charge on any atom is -0.508 e. The van der Waals surface area contributed by atoms with E-state index in [0.29, 0.717) is 11.8 Å². The molecule has 106 valence electrons. The van der Waals surface area contributed by atoms with Gasteiger partial charge in [0.25, 0.3) is 0 Å². The molecule has 2 heteroatoms. The predicted molar refractivity (Wildman–Crippen MR) is 81.8 cm³/mol. The highest BCUT2D eigenvalue weighted by molar-refractivity contribution is 5.57. The zero-order valence-electron chi connectivity index (χ0n) is 12.7. The molecule has 0 radical (unpaired) electrons. The van der Waals surface area contributed by atoms with Crippen LogP contribution in [-0.2, 0) is 0 Å². The summed E-state index contributed by atoms with van der Waals surface area (Å²) in [7, 11) is 0. The molecule has 0 saturated heterocycles. The van der Waals surface area contributed by atoms with E-state index in [4.69, 9.17) is 0 Å². The minimum absolute atomic E-state index is 0.395. The molecule has 0 unspecified atom stereocenters. The first-order valence-electron chi connectivity index (χ1n) is 7.54. The Hall–Kier alpha value is -1.18. The maximum atomic E-state index is 9.70. The fourth-order valence-electron chi connectivity index (χ4n) is 3.11. The third kappa shape index (κ3) is 3.43. The zero-order valence-corrected chi connectivity index (χ0v) is 12.7. The molecule has 0 atom stereocenters. The van der Waals surface area contributed by atoms with E-state index >= 15 is 0 Å². The van der Waals surface area contributed by atoms with E-state index in [0.717, 1.165) is 23.0 Å². The summed E-state index contributed by atoms with van der Waals surface area (Å²) in [6.45, 7) is 8.69. The van der Waals surface area contributed by atoms with Crippen LogP contribution in [0.25, 0.3) is 0 Å². The molecular formula is C17H27NO. The number of hydrogen-bond donors (Lipinski definition) is 2. The largest absolute Gasteiger partial charge is 0.508 e. The quantitative estimate of drug-likeness (QED) is 0.777. The van der Waals surface area contributed by atoms with Crippen LogP contribution >= 0.6 is 0 Å². The van der Waals surface area contributed by atoms with Crippen LogP contribution in [-0.4, -0.2) is 11.1 Å². The standard InChI is InChI=1S/C17H27NO/c1-11(2)14-5-7-15(8-6-14)18-16-9-13(4)17(19)10-12(16)3/h9-11,14-15,18-19H,5-8H2,1-4H3. The zero-order chi connectivity index (χ0) is 14.0. The van der Waals surface area contributed by atoms with Crippen molar-refractivity contribution in [2.24, 2.45) is 11.8 Å². The molecule has 1 aromatic carbocycles. The molecule has 2 N–H and O–H groups in total. The normalized spacial score (nSPS) is 23.6. The number of phenolic OH excluding ortho intramolecular Hbond substituents is 1. The second-order valence-corrected chi connectivity index (χ2v) is 6.45. The minimum atomic E-state index is 0.395. The van der Waals surface area contributed by atoms with E-state index in [1.54, 1.807) is 0 Å². The van der Waals surface area contributed by atoms with E-state index in [2.05, 4.69) is 32.2 Å². The van der Waals surface area contributed by atoms with Crippen molar-refractivity contribution in [2.45, 2.75) is 59.4 Å². The first-order valence-corrected chi connectivity index (χ1v) is 7.54. The van der Waals surface area contributed by atoms with Crippen LogP contribution < -0.4 is 5.32 Å². The summed E-state index contributed by atoms with van der Waals surface area (Å²) >= 11 is 0. The lowest BCUT2D eigenvalue weighted by molar-refractivity contribution is 0.267. The molecule has 19 heavy (non-hydrogen) atoms. The topological polar surface area (TPSA) is 32.3 Å². The van der Waals surface area contributed by atoms with Crippen LogP contribution in [0.5, 0.6) is 5.75 Å². The molecule has 1 aliphatic rings. The van der Waals surface area contributed by atoms with Gasteiger partial charge < -0.3 is 10.4 Å². The third-order valence-electron chi connectivity index (χ3n) is 4.62. The first kappa shape index (κ1) is 14.2. The SMILES string of the molecule is Cc1cc(NC2CCC(C(C)C)CC2)c(C)cc1O. The highest BCUT2D eigenvalue weighted by Gasteiger charge is 2.23. The summed E-state index contributed by atoms with van der Waals surface area (Å²) in [5.41, 5.74) is 3.27. The van der Waals surface area contributed by atoms with Crippen LogP contribution in [0.4, 0.5) is 5.69 Å². The summed E-state index contributed by atoms with van der Waals surface area (Å²) in [6, 6.07) is 4.52. The molecule has 0 aromatic heterocycles. The first-order chi connectivity index (χ1) is 8.97.